The van der Waals surface area contributed by atoms with Crippen LogP contribution < -0.4 is 4.74 Å². The van der Waals surface area contributed by atoms with Crippen LogP contribution in [0.25, 0.3) is 5.57 Å². The Morgan fingerprint density at radius 3 is 1.98 bits per heavy atom. The largest absolute Gasteiger partial charge is 0.457 e. The van der Waals surface area contributed by atoms with Gasteiger partial charge >= 0.3 is 15.0 Å². The molecule has 7 rings (SSSR count). The molecule has 2 radical (unpaired) electrons. The first-order valence-electron chi connectivity index (χ1n) is 17.8. The molecule has 0 saturated carbocycles. The van der Waals surface area contributed by atoms with Gasteiger partial charge in [-0.15, -0.1) is 0 Å². The van der Waals surface area contributed by atoms with Gasteiger partial charge in [0.1, 0.15) is 11.5 Å². The van der Waals surface area contributed by atoms with Crippen LogP contribution in [0.3, 0.4) is 0 Å². The highest BCUT2D eigenvalue weighted by molar-refractivity contribution is 6.40. The highest BCUT2D eigenvalue weighted by Gasteiger charge is 2.56. The fourth-order valence-corrected chi connectivity index (χ4v) is 7.53. The van der Waals surface area contributed by atoms with Gasteiger partial charge in [0.25, 0.3) is 0 Å². The van der Waals surface area contributed by atoms with Gasteiger partial charge < -0.3 is 24.3 Å². The summed E-state index contributed by atoms with van der Waals surface area (Å²) >= 11 is 0. The topological polar surface area (TPSA) is 68.2 Å². The first kappa shape index (κ1) is 34.8. The predicted octanol–water partition coefficient (Wildman–Crippen LogP) is 8.80. The Kier molecular flexibility index (Phi) is 8.54. The van der Waals surface area contributed by atoms with Crippen molar-refractivity contribution in [1.82, 2.24) is 0 Å². The van der Waals surface area contributed by atoms with Crippen molar-refractivity contribution in [2.24, 2.45) is 5.92 Å². The molecule has 256 valence electrons. The lowest BCUT2D eigenvalue weighted by atomic mass is 9.61. The molecular formula is C43H48B2O5. The van der Waals surface area contributed by atoms with Crippen molar-refractivity contribution >= 4 is 20.5 Å². The normalized spacial score (nSPS) is 22.1. The molecule has 3 atom stereocenters. The van der Waals surface area contributed by atoms with Crippen LogP contribution in [0.15, 0.2) is 109 Å². The minimum atomic E-state index is -1.05. The van der Waals surface area contributed by atoms with Gasteiger partial charge in [0.05, 0.1) is 27.8 Å². The van der Waals surface area contributed by atoms with Crippen LogP contribution in [-0.4, -0.2) is 47.6 Å². The zero-order valence-electron chi connectivity index (χ0n) is 30.5. The summed E-state index contributed by atoms with van der Waals surface area (Å²) in [4.78, 5) is 0. The average molecular weight is 666 g/mol. The summed E-state index contributed by atoms with van der Waals surface area (Å²) in [6.45, 7) is 14.7. The second-order valence-electron chi connectivity index (χ2n) is 16.4. The van der Waals surface area contributed by atoms with E-state index in [2.05, 4.69) is 103 Å². The third-order valence-electron chi connectivity index (χ3n) is 11.8. The summed E-state index contributed by atoms with van der Waals surface area (Å²) in [7, 11) is 3.64. The quantitative estimate of drug-likeness (QED) is 0.224. The Balaban J connectivity index is 1.35. The summed E-state index contributed by atoms with van der Waals surface area (Å²) in [6, 6.07) is 23.9. The number of allylic oxidation sites excluding steroid dienone is 8. The molecule has 0 bridgehead atoms. The van der Waals surface area contributed by atoms with Crippen molar-refractivity contribution in [2.75, 3.05) is 0 Å². The molecule has 0 saturated heterocycles. The molecule has 50 heavy (non-hydrogen) atoms. The van der Waals surface area contributed by atoms with E-state index in [0.717, 1.165) is 28.1 Å². The molecule has 3 aromatic rings. The van der Waals surface area contributed by atoms with Crippen LogP contribution in [0.5, 0.6) is 11.5 Å². The first-order valence-corrected chi connectivity index (χ1v) is 17.8. The third-order valence-corrected chi connectivity index (χ3v) is 11.8. The molecule has 1 spiro atoms. The molecule has 0 aromatic heterocycles. The second kappa shape index (κ2) is 12.3. The van der Waals surface area contributed by atoms with Gasteiger partial charge in [-0.1, -0.05) is 90.5 Å². The summed E-state index contributed by atoms with van der Waals surface area (Å²) in [5.74, 6) is 2.11. The highest BCUT2D eigenvalue weighted by atomic mass is 16.5. The van der Waals surface area contributed by atoms with E-state index >= 15 is 0 Å². The zero-order valence-corrected chi connectivity index (χ0v) is 30.5. The minimum absolute atomic E-state index is 0.0862. The molecule has 1 aliphatic heterocycles. The van der Waals surface area contributed by atoms with Crippen molar-refractivity contribution in [3.63, 3.8) is 0 Å². The Labute approximate surface area is 299 Å². The van der Waals surface area contributed by atoms with Gasteiger partial charge in [-0.25, -0.2) is 0 Å². The number of aliphatic hydroxyl groups is 2. The summed E-state index contributed by atoms with van der Waals surface area (Å²) in [5, 5.41) is 21.6. The minimum Gasteiger partial charge on any atom is -0.457 e. The molecular weight excluding hydrogens is 618 g/mol. The average Bonchev–Trinajstić information content (AvgIpc) is 3.36. The second-order valence-corrected chi connectivity index (χ2v) is 16.4. The summed E-state index contributed by atoms with van der Waals surface area (Å²) in [5.41, 5.74) is 3.98. The van der Waals surface area contributed by atoms with Crippen molar-refractivity contribution in [3.05, 3.63) is 136 Å². The number of fused-ring (bicyclic) bond motifs is 9. The van der Waals surface area contributed by atoms with Crippen LogP contribution in [-0.2, 0) is 14.7 Å². The van der Waals surface area contributed by atoms with Crippen molar-refractivity contribution in [2.45, 2.75) is 101 Å². The van der Waals surface area contributed by atoms with Crippen LogP contribution in [0.1, 0.15) is 95.5 Å². The predicted molar refractivity (Wildman–Crippen MR) is 203 cm³/mol. The van der Waals surface area contributed by atoms with E-state index in [-0.39, 0.29) is 17.7 Å². The van der Waals surface area contributed by atoms with E-state index in [4.69, 9.17) is 14.0 Å². The standard InChI is InChI=1S/C43H48B2O5/c1-39(2,46)41(5,6)49-44-29-23-28(24-30(26-29)45-50-42(7,8)40(3,4)47)27-21-22-32-31-15-9-10-16-33(31)43(36(32)25-27)34-17-11-13-19-37(34)48-38-20-14-12-18-35(38)43/h9-25,29,31,33,46-47H,26H2,1-8H3. The van der Waals surface area contributed by atoms with Crippen LogP contribution in [0.4, 0.5) is 0 Å². The third kappa shape index (κ3) is 5.77. The fraction of sp³-hybridized carbons (Fsp3) is 0.395. The molecule has 2 N–H and O–H groups in total. The Bertz CT molecular complexity index is 1870. The maximum Gasteiger partial charge on any atom is 0.326 e. The maximum atomic E-state index is 10.8. The van der Waals surface area contributed by atoms with Crippen molar-refractivity contribution in [1.29, 1.82) is 0 Å². The summed E-state index contributed by atoms with van der Waals surface area (Å²) in [6.07, 6.45) is 14.2. The molecule has 4 aliphatic rings. The number of benzene rings is 3. The van der Waals surface area contributed by atoms with Crippen LogP contribution >= 0.6 is 0 Å². The van der Waals surface area contributed by atoms with Gasteiger partial charge in [-0.3, -0.25) is 0 Å². The van der Waals surface area contributed by atoms with E-state index in [0.29, 0.717) is 6.42 Å². The smallest absolute Gasteiger partial charge is 0.326 e. The van der Waals surface area contributed by atoms with Gasteiger partial charge in [-0.2, -0.15) is 0 Å². The van der Waals surface area contributed by atoms with E-state index in [1.807, 2.05) is 35.2 Å². The molecule has 0 amide bonds. The summed E-state index contributed by atoms with van der Waals surface area (Å²) < 4.78 is 19.1. The lowest BCUT2D eigenvalue weighted by molar-refractivity contribution is -0.0909. The number of para-hydroxylation sites is 2. The Hall–Kier alpha value is -3.61. The van der Waals surface area contributed by atoms with Gasteiger partial charge in [0.2, 0.25) is 0 Å². The zero-order chi connectivity index (χ0) is 35.7. The molecule has 3 aromatic carbocycles. The molecule has 3 unspecified atom stereocenters. The van der Waals surface area contributed by atoms with Crippen LogP contribution in [0.2, 0.25) is 5.82 Å². The number of hydrogen-bond donors (Lipinski definition) is 2. The SMILES string of the molecule is CC(C)(O)C(C)(C)O[B]C1=CC(c2ccc3c(c2)C2(c4ccccc4Oc4ccccc42)C2C=CC=CC32)=CC([B]OC(C)(C)C(C)(C)O)C1. The number of rotatable bonds is 9. The van der Waals surface area contributed by atoms with Crippen molar-refractivity contribution in [3.8, 4) is 11.5 Å². The number of hydrogen-bond acceptors (Lipinski definition) is 5. The molecule has 3 aliphatic carbocycles. The monoisotopic (exact) mass is 666 g/mol. The molecule has 5 nitrogen and oxygen atoms in total. The maximum absolute atomic E-state index is 10.8. The Morgan fingerprint density at radius 2 is 1.34 bits per heavy atom. The van der Waals surface area contributed by atoms with Crippen molar-refractivity contribution < 1.29 is 24.3 Å². The molecule has 1 heterocycles. The number of ether oxygens (including phenoxy) is 1. The lowest BCUT2D eigenvalue weighted by Crippen LogP contribution is -2.48. The lowest BCUT2D eigenvalue weighted by Gasteiger charge is -2.43. The van der Waals surface area contributed by atoms with E-state index in [1.165, 1.54) is 22.3 Å². The van der Waals surface area contributed by atoms with E-state index in [1.54, 1.807) is 35.2 Å². The van der Waals surface area contributed by atoms with Gasteiger partial charge in [0.15, 0.2) is 0 Å². The van der Waals surface area contributed by atoms with E-state index in [9.17, 15) is 10.2 Å². The first-order chi connectivity index (χ1) is 23.5. The van der Waals surface area contributed by atoms with E-state index < -0.39 is 27.8 Å². The highest BCUT2D eigenvalue weighted by Crippen LogP contribution is 2.64. The molecule has 7 heteroatoms. The fourth-order valence-electron chi connectivity index (χ4n) is 7.53. The van der Waals surface area contributed by atoms with Crippen LogP contribution in [0, 0.1) is 5.92 Å². The molecule has 0 fully saturated rings. The van der Waals surface area contributed by atoms with Gasteiger partial charge in [-0.05, 0) is 108 Å². The van der Waals surface area contributed by atoms with Gasteiger partial charge in [0, 0.05) is 23.0 Å². The Morgan fingerprint density at radius 1 is 0.740 bits per heavy atom.